The molecule has 0 bridgehead atoms. The van der Waals surface area contributed by atoms with Crippen molar-refractivity contribution in [3.05, 3.63) is 47.6 Å². The van der Waals surface area contributed by atoms with Crippen LogP contribution in [-0.4, -0.2) is 27.7 Å². The molecule has 3 heteroatoms. The highest BCUT2D eigenvalue weighted by Crippen LogP contribution is 2.24. The third-order valence-corrected chi connectivity index (χ3v) is 2.42. The van der Waals surface area contributed by atoms with Gasteiger partial charge in [-0.3, -0.25) is 0 Å². The Morgan fingerprint density at radius 3 is 2.06 bits per heavy atom. The molecule has 0 aliphatic carbocycles. The molecule has 0 aromatic rings. The summed E-state index contributed by atoms with van der Waals surface area (Å²) in [6.07, 6.45) is 2.64. The van der Waals surface area contributed by atoms with Gasteiger partial charge in [-0.05, 0) is 38.0 Å². The van der Waals surface area contributed by atoms with Crippen LogP contribution in [0.25, 0.3) is 0 Å². The highest BCUT2D eigenvalue weighted by atomic mass is 16.5. The van der Waals surface area contributed by atoms with Crippen molar-refractivity contribution in [3.8, 4) is 0 Å². The molecule has 17 heavy (non-hydrogen) atoms. The average Bonchev–Trinajstić information content (AvgIpc) is 2.22. The number of hydrogen-bond donors (Lipinski definition) is 3. The SMILES string of the molecule is C=C/C(=C/C(O)(O)CC(C(=C)C)=C(C)C)CO. The maximum absolute atomic E-state index is 9.86. The minimum Gasteiger partial charge on any atom is -0.392 e. The number of hydrogen-bond acceptors (Lipinski definition) is 3. The van der Waals surface area contributed by atoms with Crippen molar-refractivity contribution in [2.45, 2.75) is 33.0 Å². The molecule has 0 rings (SSSR count). The number of rotatable bonds is 6. The van der Waals surface area contributed by atoms with E-state index in [1.165, 1.54) is 12.2 Å². The van der Waals surface area contributed by atoms with Crippen LogP contribution in [-0.2, 0) is 0 Å². The lowest BCUT2D eigenvalue weighted by Gasteiger charge is -2.22. The maximum atomic E-state index is 9.86. The second kappa shape index (κ2) is 6.55. The van der Waals surface area contributed by atoms with Gasteiger partial charge in [0, 0.05) is 6.42 Å². The quantitative estimate of drug-likeness (QED) is 0.490. The Labute approximate surface area is 103 Å². The summed E-state index contributed by atoms with van der Waals surface area (Å²) in [7, 11) is 0. The molecule has 0 aromatic carbocycles. The molecule has 0 fully saturated rings. The number of allylic oxidation sites excluding steroid dienone is 2. The summed E-state index contributed by atoms with van der Waals surface area (Å²) in [6, 6.07) is 0. The third-order valence-electron chi connectivity index (χ3n) is 2.42. The zero-order valence-corrected chi connectivity index (χ0v) is 10.8. The molecule has 3 nitrogen and oxygen atoms in total. The first-order chi connectivity index (χ1) is 7.73. The molecular formula is C14H22O3. The Balaban J connectivity index is 5.11. The van der Waals surface area contributed by atoms with Crippen molar-refractivity contribution in [2.75, 3.05) is 6.61 Å². The second-order valence-corrected chi connectivity index (χ2v) is 4.40. The first kappa shape index (κ1) is 15.8. The monoisotopic (exact) mass is 238 g/mol. The van der Waals surface area contributed by atoms with Gasteiger partial charge in [0.2, 0.25) is 0 Å². The summed E-state index contributed by atoms with van der Waals surface area (Å²) in [5.74, 6) is -2.00. The Hall–Kier alpha value is -1.16. The fourth-order valence-corrected chi connectivity index (χ4v) is 1.53. The molecule has 0 radical (unpaired) electrons. The normalized spacial score (nSPS) is 12.2. The Morgan fingerprint density at radius 1 is 1.24 bits per heavy atom. The fraction of sp³-hybridized carbons (Fsp3) is 0.429. The first-order valence-corrected chi connectivity index (χ1v) is 5.45. The van der Waals surface area contributed by atoms with Gasteiger partial charge in [0.1, 0.15) is 0 Å². The molecule has 0 heterocycles. The average molecular weight is 238 g/mol. The molecule has 0 aliphatic heterocycles. The number of aliphatic hydroxyl groups is 3. The summed E-state index contributed by atoms with van der Waals surface area (Å²) in [5.41, 5.74) is 2.98. The zero-order valence-electron chi connectivity index (χ0n) is 10.8. The lowest BCUT2D eigenvalue weighted by Crippen LogP contribution is -2.27. The Morgan fingerprint density at radius 2 is 1.76 bits per heavy atom. The largest absolute Gasteiger partial charge is 0.392 e. The van der Waals surface area contributed by atoms with Gasteiger partial charge >= 0.3 is 0 Å². The topological polar surface area (TPSA) is 60.7 Å². The molecule has 0 atom stereocenters. The standard InChI is InChI=1S/C14H22O3/c1-6-12(9-15)7-14(16,17)8-13(10(2)3)11(4)5/h6-7,15-17H,1-2,8-9H2,3-5H3/b12-7-. The summed E-state index contributed by atoms with van der Waals surface area (Å²) in [5, 5.41) is 28.7. The maximum Gasteiger partial charge on any atom is 0.187 e. The van der Waals surface area contributed by atoms with Crippen molar-refractivity contribution in [2.24, 2.45) is 0 Å². The molecule has 3 N–H and O–H groups in total. The van der Waals surface area contributed by atoms with E-state index in [1.807, 2.05) is 20.8 Å². The Bertz CT molecular complexity index is 356. The highest BCUT2D eigenvalue weighted by molar-refractivity contribution is 5.33. The minimum atomic E-state index is -2.00. The molecule has 96 valence electrons. The molecule has 0 aromatic heterocycles. The minimum absolute atomic E-state index is 0.0437. The molecule has 0 aliphatic rings. The van der Waals surface area contributed by atoms with Gasteiger partial charge in [-0.25, -0.2) is 0 Å². The summed E-state index contributed by atoms with van der Waals surface area (Å²) in [4.78, 5) is 0. The van der Waals surface area contributed by atoms with Crippen LogP contribution >= 0.6 is 0 Å². The molecular weight excluding hydrogens is 216 g/mol. The van der Waals surface area contributed by atoms with E-state index in [1.54, 1.807) is 0 Å². The summed E-state index contributed by atoms with van der Waals surface area (Å²) >= 11 is 0. The summed E-state index contributed by atoms with van der Waals surface area (Å²) in [6.45, 7) is 12.6. The first-order valence-electron chi connectivity index (χ1n) is 5.45. The van der Waals surface area contributed by atoms with Crippen LogP contribution in [0.5, 0.6) is 0 Å². The van der Waals surface area contributed by atoms with Gasteiger partial charge in [0.25, 0.3) is 0 Å². The molecule has 0 spiro atoms. The van der Waals surface area contributed by atoms with E-state index in [-0.39, 0.29) is 13.0 Å². The van der Waals surface area contributed by atoms with Crippen molar-refractivity contribution >= 4 is 0 Å². The van der Waals surface area contributed by atoms with E-state index in [0.717, 1.165) is 16.7 Å². The predicted molar refractivity (Wildman–Crippen MR) is 70.3 cm³/mol. The van der Waals surface area contributed by atoms with Crippen LogP contribution in [0.15, 0.2) is 47.6 Å². The molecule has 0 saturated heterocycles. The van der Waals surface area contributed by atoms with E-state index in [0.29, 0.717) is 5.57 Å². The van der Waals surface area contributed by atoms with Gasteiger partial charge < -0.3 is 15.3 Å². The van der Waals surface area contributed by atoms with Gasteiger partial charge in [-0.15, -0.1) is 0 Å². The van der Waals surface area contributed by atoms with Gasteiger partial charge in [0.05, 0.1) is 6.61 Å². The van der Waals surface area contributed by atoms with E-state index in [9.17, 15) is 10.2 Å². The van der Waals surface area contributed by atoms with Crippen LogP contribution in [0.4, 0.5) is 0 Å². The third kappa shape index (κ3) is 5.63. The lowest BCUT2D eigenvalue weighted by molar-refractivity contribution is -0.116. The zero-order chi connectivity index (χ0) is 13.6. The van der Waals surface area contributed by atoms with Crippen LogP contribution in [0.3, 0.4) is 0 Å². The second-order valence-electron chi connectivity index (χ2n) is 4.40. The van der Waals surface area contributed by atoms with Crippen LogP contribution in [0.2, 0.25) is 0 Å². The van der Waals surface area contributed by atoms with E-state index in [2.05, 4.69) is 13.2 Å². The van der Waals surface area contributed by atoms with Gasteiger partial charge in [0.15, 0.2) is 5.79 Å². The summed E-state index contributed by atoms with van der Waals surface area (Å²) < 4.78 is 0. The van der Waals surface area contributed by atoms with Crippen LogP contribution in [0.1, 0.15) is 27.2 Å². The highest BCUT2D eigenvalue weighted by Gasteiger charge is 2.23. The van der Waals surface area contributed by atoms with Crippen molar-refractivity contribution in [3.63, 3.8) is 0 Å². The van der Waals surface area contributed by atoms with Crippen molar-refractivity contribution < 1.29 is 15.3 Å². The van der Waals surface area contributed by atoms with Crippen molar-refractivity contribution in [1.29, 1.82) is 0 Å². The molecule has 0 saturated carbocycles. The Kier molecular flexibility index (Phi) is 6.10. The van der Waals surface area contributed by atoms with Gasteiger partial charge in [-0.1, -0.05) is 30.4 Å². The molecule has 0 amide bonds. The van der Waals surface area contributed by atoms with Gasteiger partial charge in [-0.2, -0.15) is 0 Å². The predicted octanol–water partition coefficient (Wildman–Crippen LogP) is 2.07. The van der Waals surface area contributed by atoms with E-state index in [4.69, 9.17) is 5.11 Å². The smallest absolute Gasteiger partial charge is 0.187 e. The van der Waals surface area contributed by atoms with E-state index < -0.39 is 5.79 Å². The van der Waals surface area contributed by atoms with Crippen molar-refractivity contribution in [1.82, 2.24) is 0 Å². The lowest BCUT2D eigenvalue weighted by atomic mass is 9.95. The van der Waals surface area contributed by atoms with Crippen LogP contribution < -0.4 is 0 Å². The van der Waals surface area contributed by atoms with Crippen LogP contribution in [0, 0.1) is 0 Å². The molecule has 0 unspecified atom stereocenters. The van der Waals surface area contributed by atoms with E-state index >= 15 is 0 Å². The number of aliphatic hydroxyl groups excluding tert-OH is 1. The fourth-order valence-electron chi connectivity index (χ4n) is 1.53.